The van der Waals surface area contributed by atoms with Crippen molar-refractivity contribution in [1.82, 2.24) is 20.2 Å². The topological polar surface area (TPSA) is 41.0 Å². The van der Waals surface area contributed by atoms with Gasteiger partial charge in [0.25, 0.3) is 0 Å². The van der Waals surface area contributed by atoms with Gasteiger partial charge >= 0.3 is 0 Å². The lowest BCUT2D eigenvalue weighted by Gasteiger charge is -2.20. The van der Waals surface area contributed by atoms with E-state index >= 15 is 0 Å². The Hall–Kier alpha value is -0.710. The summed E-state index contributed by atoms with van der Waals surface area (Å²) < 4.78 is 0. The molecule has 0 bridgehead atoms. The molecule has 0 spiro atoms. The standard InChI is InChI=1S/C12H19ClN4/c1-9(2)17-4-3-11(8-17)14-5-10-6-15-12(13)16-7-10/h6-7,9,11,14H,3-5,8H2,1-2H3/t11-/m1/s1. The van der Waals surface area contributed by atoms with Gasteiger partial charge in [0.1, 0.15) is 0 Å². The number of nitrogens with zero attached hydrogens (tertiary/aromatic N) is 3. The first kappa shape index (κ1) is 12.7. The monoisotopic (exact) mass is 254 g/mol. The van der Waals surface area contributed by atoms with Gasteiger partial charge in [-0.05, 0) is 38.4 Å². The fourth-order valence-electron chi connectivity index (χ4n) is 2.12. The minimum atomic E-state index is 0.306. The van der Waals surface area contributed by atoms with Crippen LogP contribution in [-0.4, -0.2) is 40.0 Å². The van der Waals surface area contributed by atoms with Gasteiger partial charge in [0, 0.05) is 43.1 Å². The summed E-state index contributed by atoms with van der Waals surface area (Å²) in [5, 5.41) is 3.84. The Morgan fingerprint density at radius 3 is 2.76 bits per heavy atom. The van der Waals surface area contributed by atoms with Gasteiger partial charge in [0.15, 0.2) is 0 Å². The molecule has 1 saturated heterocycles. The van der Waals surface area contributed by atoms with Crippen molar-refractivity contribution in [1.29, 1.82) is 0 Å². The molecule has 2 rings (SSSR count). The van der Waals surface area contributed by atoms with E-state index < -0.39 is 0 Å². The average Bonchev–Trinajstić information content (AvgIpc) is 2.77. The molecule has 1 aromatic heterocycles. The third-order valence-corrected chi connectivity index (χ3v) is 3.41. The number of halogens is 1. The first-order valence-corrected chi connectivity index (χ1v) is 6.47. The maximum absolute atomic E-state index is 5.64. The lowest BCUT2D eigenvalue weighted by Crippen LogP contribution is -2.34. The van der Waals surface area contributed by atoms with E-state index in [0.717, 1.165) is 18.7 Å². The highest BCUT2D eigenvalue weighted by atomic mass is 35.5. The van der Waals surface area contributed by atoms with Crippen LogP contribution in [0.25, 0.3) is 0 Å². The van der Waals surface area contributed by atoms with Crippen LogP contribution in [0.4, 0.5) is 0 Å². The predicted octanol–water partition coefficient (Wildman–Crippen LogP) is 1.70. The average molecular weight is 255 g/mol. The summed E-state index contributed by atoms with van der Waals surface area (Å²) in [6, 6.07) is 1.22. The molecule has 94 valence electrons. The maximum atomic E-state index is 5.64. The minimum absolute atomic E-state index is 0.306. The Labute approximate surface area is 107 Å². The summed E-state index contributed by atoms with van der Waals surface area (Å²) in [5.41, 5.74) is 1.08. The molecule has 2 heterocycles. The molecular weight excluding hydrogens is 236 g/mol. The Morgan fingerprint density at radius 2 is 2.18 bits per heavy atom. The van der Waals surface area contributed by atoms with Gasteiger partial charge in [0.2, 0.25) is 5.28 Å². The Morgan fingerprint density at radius 1 is 1.47 bits per heavy atom. The molecule has 0 amide bonds. The Kier molecular flexibility index (Phi) is 4.31. The second-order valence-corrected chi connectivity index (χ2v) is 5.15. The molecule has 4 nitrogen and oxygen atoms in total. The molecule has 17 heavy (non-hydrogen) atoms. The third kappa shape index (κ3) is 3.63. The van der Waals surface area contributed by atoms with Gasteiger partial charge in [0.05, 0.1) is 0 Å². The fraction of sp³-hybridized carbons (Fsp3) is 0.667. The van der Waals surface area contributed by atoms with E-state index in [2.05, 4.69) is 34.0 Å². The van der Waals surface area contributed by atoms with Crippen molar-refractivity contribution in [3.05, 3.63) is 23.2 Å². The molecule has 1 aliphatic heterocycles. The Bertz CT molecular complexity index is 352. The number of nitrogens with one attached hydrogen (secondary N) is 1. The van der Waals surface area contributed by atoms with Crippen molar-refractivity contribution in [2.75, 3.05) is 13.1 Å². The summed E-state index contributed by atoms with van der Waals surface area (Å²) in [7, 11) is 0. The van der Waals surface area contributed by atoms with Crippen molar-refractivity contribution >= 4 is 11.6 Å². The van der Waals surface area contributed by atoms with Gasteiger partial charge in [-0.25, -0.2) is 9.97 Å². The second kappa shape index (κ2) is 5.76. The number of rotatable bonds is 4. The maximum Gasteiger partial charge on any atom is 0.222 e. The molecule has 1 fully saturated rings. The van der Waals surface area contributed by atoms with Crippen LogP contribution in [0.5, 0.6) is 0 Å². The predicted molar refractivity (Wildman–Crippen MR) is 69.0 cm³/mol. The highest BCUT2D eigenvalue weighted by Gasteiger charge is 2.23. The molecule has 0 saturated carbocycles. The van der Waals surface area contributed by atoms with E-state index in [1.165, 1.54) is 13.0 Å². The molecule has 1 aromatic rings. The quantitative estimate of drug-likeness (QED) is 0.831. The van der Waals surface area contributed by atoms with Gasteiger partial charge in [-0.15, -0.1) is 0 Å². The van der Waals surface area contributed by atoms with E-state index in [-0.39, 0.29) is 0 Å². The zero-order valence-electron chi connectivity index (χ0n) is 10.4. The van der Waals surface area contributed by atoms with Crippen molar-refractivity contribution in [2.24, 2.45) is 0 Å². The molecule has 1 aliphatic rings. The summed E-state index contributed by atoms with van der Waals surface area (Å²) in [6.07, 6.45) is 4.77. The largest absolute Gasteiger partial charge is 0.308 e. The fourth-order valence-corrected chi connectivity index (χ4v) is 2.21. The van der Waals surface area contributed by atoms with Crippen LogP contribution >= 0.6 is 11.6 Å². The zero-order valence-corrected chi connectivity index (χ0v) is 11.1. The van der Waals surface area contributed by atoms with E-state index in [1.54, 1.807) is 12.4 Å². The number of likely N-dealkylation sites (tertiary alicyclic amines) is 1. The van der Waals surface area contributed by atoms with Crippen LogP contribution < -0.4 is 5.32 Å². The number of hydrogen-bond acceptors (Lipinski definition) is 4. The van der Waals surface area contributed by atoms with Gasteiger partial charge in [-0.2, -0.15) is 0 Å². The van der Waals surface area contributed by atoms with E-state index in [4.69, 9.17) is 11.6 Å². The smallest absolute Gasteiger partial charge is 0.222 e. The van der Waals surface area contributed by atoms with Crippen LogP contribution in [-0.2, 0) is 6.54 Å². The molecule has 0 aliphatic carbocycles. The molecule has 0 aromatic carbocycles. The van der Waals surface area contributed by atoms with Gasteiger partial charge in [-0.1, -0.05) is 0 Å². The Balaban J connectivity index is 1.78. The summed E-state index contributed by atoms with van der Waals surface area (Å²) >= 11 is 5.64. The normalized spacial score (nSPS) is 21.3. The molecular formula is C12H19ClN4. The van der Waals surface area contributed by atoms with Crippen molar-refractivity contribution in [2.45, 2.75) is 38.9 Å². The van der Waals surface area contributed by atoms with Crippen LogP contribution in [0.15, 0.2) is 12.4 Å². The van der Waals surface area contributed by atoms with Crippen LogP contribution in [0, 0.1) is 0 Å². The van der Waals surface area contributed by atoms with Crippen LogP contribution in [0.2, 0.25) is 5.28 Å². The lowest BCUT2D eigenvalue weighted by molar-refractivity contribution is 0.268. The number of hydrogen-bond donors (Lipinski definition) is 1. The second-order valence-electron chi connectivity index (χ2n) is 4.82. The van der Waals surface area contributed by atoms with E-state index in [0.29, 0.717) is 17.4 Å². The molecule has 0 radical (unpaired) electrons. The minimum Gasteiger partial charge on any atom is -0.308 e. The summed E-state index contributed by atoms with van der Waals surface area (Å²) in [5.74, 6) is 0. The lowest BCUT2D eigenvalue weighted by atomic mass is 10.2. The number of aromatic nitrogens is 2. The molecule has 0 unspecified atom stereocenters. The van der Waals surface area contributed by atoms with Gasteiger partial charge < -0.3 is 5.32 Å². The molecule has 5 heteroatoms. The summed E-state index contributed by atoms with van der Waals surface area (Å²) in [4.78, 5) is 10.4. The highest BCUT2D eigenvalue weighted by Crippen LogP contribution is 2.12. The third-order valence-electron chi connectivity index (χ3n) is 3.22. The SMILES string of the molecule is CC(C)N1CC[C@@H](NCc2cnc(Cl)nc2)C1. The van der Waals surface area contributed by atoms with Crippen molar-refractivity contribution in [3.8, 4) is 0 Å². The summed E-state index contributed by atoms with van der Waals surface area (Å²) in [6.45, 7) is 7.62. The highest BCUT2D eigenvalue weighted by molar-refractivity contribution is 6.28. The van der Waals surface area contributed by atoms with E-state index in [9.17, 15) is 0 Å². The zero-order chi connectivity index (χ0) is 12.3. The van der Waals surface area contributed by atoms with Crippen LogP contribution in [0.3, 0.4) is 0 Å². The van der Waals surface area contributed by atoms with Crippen LogP contribution in [0.1, 0.15) is 25.8 Å². The first-order valence-electron chi connectivity index (χ1n) is 6.09. The van der Waals surface area contributed by atoms with Crippen molar-refractivity contribution in [3.63, 3.8) is 0 Å². The van der Waals surface area contributed by atoms with Crippen molar-refractivity contribution < 1.29 is 0 Å². The molecule has 1 N–H and O–H groups in total. The first-order chi connectivity index (χ1) is 8.15. The van der Waals surface area contributed by atoms with E-state index in [1.807, 2.05) is 0 Å². The van der Waals surface area contributed by atoms with Gasteiger partial charge in [-0.3, -0.25) is 4.90 Å². The molecule has 1 atom stereocenters.